The van der Waals surface area contributed by atoms with Gasteiger partial charge in [0.2, 0.25) is 0 Å². The molecule has 0 aliphatic carbocycles. The minimum Gasteiger partial charge on any atom is -0.455 e. The molecule has 2 nitrogen and oxygen atoms in total. The van der Waals surface area contributed by atoms with Gasteiger partial charge in [-0.05, 0) is 46.8 Å². The van der Waals surface area contributed by atoms with Gasteiger partial charge in [0.1, 0.15) is 11.2 Å². The summed E-state index contributed by atoms with van der Waals surface area (Å²) in [5, 5.41) is 2.19. The summed E-state index contributed by atoms with van der Waals surface area (Å²) in [6.45, 7) is 8.28. The molecular formula is C29H27NO. The van der Waals surface area contributed by atoms with E-state index < -0.39 is 5.89 Å². The van der Waals surface area contributed by atoms with Crippen LogP contribution in [0.2, 0.25) is 0 Å². The Morgan fingerprint density at radius 1 is 0.839 bits per heavy atom. The standard InChI is InChI=1S/C29H27NO/c1-19(2)20-15-16-30-26(17-20)25-12-8-11-24-23-14-13-22(18-27(23)31-28(24)25)29(3,4)21-9-6-5-7-10-21/h5-19H,1-4H3/i19D. The van der Waals surface area contributed by atoms with Crippen LogP contribution in [-0.4, -0.2) is 4.98 Å². The van der Waals surface area contributed by atoms with Crippen LogP contribution in [0, 0.1) is 0 Å². The highest BCUT2D eigenvalue weighted by molar-refractivity contribution is 6.09. The lowest BCUT2D eigenvalue weighted by molar-refractivity contribution is 0.633. The molecule has 2 heteroatoms. The van der Waals surface area contributed by atoms with E-state index in [9.17, 15) is 0 Å². The van der Waals surface area contributed by atoms with Crippen LogP contribution in [0.15, 0.2) is 89.5 Å². The predicted octanol–water partition coefficient (Wildman–Crippen LogP) is 8.10. The summed E-state index contributed by atoms with van der Waals surface area (Å²) in [4.78, 5) is 4.60. The quantitative estimate of drug-likeness (QED) is 0.301. The second-order valence-corrected chi connectivity index (χ2v) is 8.92. The summed E-state index contributed by atoms with van der Waals surface area (Å²) in [6.07, 6.45) is 1.78. The maximum Gasteiger partial charge on any atom is 0.144 e. The van der Waals surface area contributed by atoms with Gasteiger partial charge in [-0.15, -0.1) is 0 Å². The summed E-state index contributed by atoms with van der Waals surface area (Å²) in [6, 6.07) is 27.2. The summed E-state index contributed by atoms with van der Waals surface area (Å²) >= 11 is 0. The van der Waals surface area contributed by atoms with Gasteiger partial charge >= 0.3 is 0 Å². The molecule has 0 amide bonds. The fourth-order valence-corrected chi connectivity index (χ4v) is 4.30. The molecule has 0 saturated heterocycles. The molecule has 5 rings (SSSR count). The number of benzene rings is 3. The summed E-state index contributed by atoms with van der Waals surface area (Å²) < 4.78 is 14.8. The number of hydrogen-bond acceptors (Lipinski definition) is 2. The Bertz CT molecular complexity index is 1420. The number of rotatable bonds is 4. The zero-order chi connectivity index (χ0) is 22.5. The van der Waals surface area contributed by atoms with E-state index in [0.717, 1.165) is 38.8 Å². The Balaban J connectivity index is 1.67. The molecule has 0 radical (unpaired) electrons. The fourth-order valence-electron chi connectivity index (χ4n) is 4.30. The number of para-hydroxylation sites is 1. The lowest BCUT2D eigenvalue weighted by atomic mass is 9.78. The Labute approximate surface area is 185 Å². The van der Waals surface area contributed by atoms with Crippen molar-refractivity contribution >= 4 is 21.9 Å². The van der Waals surface area contributed by atoms with Crippen molar-refractivity contribution in [2.75, 3.05) is 0 Å². The Morgan fingerprint density at radius 2 is 1.65 bits per heavy atom. The first-order valence-corrected chi connectivity index (χ1v) is 10.7. The van der Waals surface area contributed by atoms with Crippen LogP contribution in [0.1, 0.15) is 51.7 Å². The zero-order valence-electron chi connectivity index (χ0n) is 19.4. The van der Waals surface area contributed by atoms with Gasteiger partial charge in [-0.3, -0.25) is 4.98 Å². The smallest absolute Gasteiger partial charge is 0.144 e. The van der Waals surface area contributed by atoms with Gasteiger partial charge in [0.25, 0.3) is 0 Å². The third kappa shape index (κ3) is 3.33. The number of fused-ring (bicyclic) bond motifs is 3. The Kier molecular flexibility index (Phi) is 4.38. The van der Waals surface area contributed by atoms with E-state index in [1.165, 1.54) is 11.1 Å². The lowest BCUT2D eigenvalue weighted by Crippen LogP contribution is -2.18. The van der Waals surface area contributed by atoms with Crippen molar-refractivity contribution in [2.24, 2.45) is 0 Å². The van der Waals surface area contributed by atoms with Gasteiger partial charge in [0, 0.05) is 29.3 Å². The Morgan fingerprint density at radius 3 is 2.42 bits per heavy atom. The lowest BCUT2D eigenvalue weighted by Gasteiger charge is -2.26. The number of nitrogens with zero attached hydrogens (tertiary/aromatic N) is 1. The van der Waals surface area contributed by atoms with E-state index in [4.69, 9.17) is 5.79 Å². The fraction of sp³-hybridized carbons (Fsp3) is 0.207. The first-order valence-electron chi connectivity index (χ1n) is 11.2. The molecule has 154 valence electrons. The van der Waals surface area contributed by atoms with Crippen LogP contribution in [0.25, 0.3) is 33.2 Å². The molecule has 0 saturated carbocycles. The monoisotopic (exact) mass is 406 g/mol. The van der Waals surface area contributed by atoms with Crippen LogP contribution >= 0.6 is 0 Å². The van der Waals surface area contributed by atoms with Crippen LogP contribution in [0.4, 0.5) is 0 Å². The minimum atomic E-state index is -0.683. The normalized spacial score (nSPS) is 13.0. The number of hydrogen-bond donors (Lipinski definition) is 0. The SMILES string of the molecule is [2H]C(C)(C)c1ccnc(-c2cccc3c2oc2cc(C(C)(C)c4ccccc4)ccc23)c1. The van der Waals surface area contributed by atoms with E-state index >= 15 is 0 Å². The van der Waals surface area contributed by atoms with Gasteiger partial charge in [0.05, 0.1) is 5.69 Å². The molecule has 5 aromatic rings. The van der Waals surface area contributed by atoms with E-state index in [1.54, 1.807) is 6.20 Å². The average Bonchev–Trinajstić information content (AvgIpc) is 3.17. The average molecular weight is 407 g/mol. The van der Waals surface area contributed by atoms with E-state index in [1.807, 2.05) is 32.0 Å². The highest BCUT2D eigenvalue weighted by Gasteiger charge is 2.24. The van der Waals surface area contributed by atoms with E-state index in [-0.39, 0.29) is 5.41 Å². The molecule has 0 aliphatic rings. The van der Waals surface area contributed by atoms with Crippen molar-refractivity contribution in [1.29, 1.82) is 0 Å². The molecule has 3 aromatic carbocycles. The number of aromatic nitrogens is 1. The van der Waals surface area contributed by atoms with Crippen LogP contribution < -0.4 is 0 Å². The molecular weight excluding hydrogens is 378 g/mol. The summed E-state index contributed by atoms with van der Waals surface area (Å²) in [7, 11) is 0. The molecule has 0 spiro atoms. The molecule has 0 N–H and O–H groups in total. The third-order valence-electron chi connectivity index (χ3n) is 6.33. The molecule has 0 bridgehead atoms. The van der Waals surface area contributed by atoms with Gasteiger partial charge in [0.15, 0.2) is 0 Å². The van der Waals surface area contributed by atoms with Crippen LogP contribution in [0.5, 0.6) is 0 Å². The van der Waals surface area contributed by atoms with Crippen molar-refractivity contribution in [1.82, 2.24) is 4.98 Å². The maximum atomic E-state index is 8.38. The van der Waals surface area contributed by atoms with Crippen molar-refractivity contribution in [3.63, 3.8) is 0 Å². The summed E-state index contributed by atoms with van der Waals surface area (Å²) in [5.74, 6) is -0.683. The van der Waals surface area contributed by atoms with Gasteiger partial charge in [-0.25, -0.2) is 0 Å². The molecule has 0 atom stereocenters. The molecule has 2 aromatic heterocycles. The highest BCUT2D eigenvalue weighted by atomic mass is 16.3. The summed E-state index contributed by atoms with van der Waals surface area (Å²) in [5.41, 5.74) is 6.79. The van der Waals surface area contributed by atoms with Gasteiger partial charge in [-0.1, -0.05) is 82.3 Å². The maximum absolute atomic E-state index is 8.38. The van der Waals surface area contributed by atoms with Crippen molar-refractivity contribution < 1.29 is 5.79 Å². The molecule has 0 fully saturated rings. The topological polar surface area (TPSA) is 26.0 Å². The van der Waals surface area contributed by atoms with Crippen molar-refractivity contribution in [2.45, 2.75) is 39.0 Å². The van der Waals surface area contributed by atoms with Crippen molar-refractivity contribution in [3.05, 3.63) is 102 Å². The third-order valence-corrected chi connectivity index (χ3v) is 6.33. The largest absolute Gasteiger partial charge is 0.455 e. The van der Waals surface area contributed by atoms with Crippen LogP contribution in [-0.2, 0) is 5.41 Å². The van der Waals surface area contributed by atoms with E-state index in [2.05, 4.69) is 79.5 Å². The minimum absolute atomic E-state index is 0.132. The first-order chi connectivity index (χ1) is 15.2. The van der Waals surface area contributed by atoms with Gasteiger partial charge in [-0.2, -0.15) is 0 Å². The zero-order valence-corrected chi connectivity index (χ0v) is 18.4. The van der Waals surface area contributed by atoms with E-state index in [0.29, 0.717) is 0 Å². The number of furan rings is 1. The molecule has 0 unspecified atom stereocenters. The molecule has 31 heavy (non-hydrogen) atoms. The second kappa shape index (κ2) is 7.39. The second-order valence-electron chi connectivity index (χ2n) is 8.92. The highest BCUT2D eigenvalue weighted by Crippen LogP contribution is 2.39. The van der Waals surface area contributed by atoms with Crippen molar-refractivity contribution in [3.8, 4) is 11.3 Å². The molecule has 2 heterocycles. The van der Waals surface area contributed by atoms with Crippen LogP contribution in [0.3, 0.4) is 0 Å². The Hall–Kier alpha value is -3.39. The predicted molar refractivity (Wildman–Crippen MR) is 130 cm³/mol. The number of pyridine rings is 1. The first kappa shape index (κ1) is 18.4. The molecule has 0 aliphatic heterocycles. The van der Waals surface area contributed by atoms with Gasteiger partial charge < -0.3 is 4.42 Å².